The third kappa shape index (κ3) is 5.31. The Balaban J connectivity index is 1.85. The second kappa shape index (κ2) is 9.95. The molecule has 174 valence electrons. The molecular weight excluding hydrogens is 508 g/mol. The van der Waals surface area contributed by atoms with E-state index in [0.29, 0.717) is 17.1 Å². The van der Waals surface area contributed by atoms with E-state index in [1.807, 2.05) is 57.2 Å². The Bertz CT molecular complexity index is 1580. The average molecular weight is 529 g/mol. The maximum Gasteiger partial charge on any atom is 0.269 e. The summed E-state index contributed by atoms with van der Waals surface area (Å²) in [6, 6.07) is 18.1. The Labute approximate surface area is 210 Å². The van der Waals surface area contributed by atoms with Gasteiger partial charge >= 0.3 is 0 Å². The van der Waals surface area contributed by atoms with Crippen LogP contribution in [0.4, 0.5) is 5.69 Å². The number of fused-ring (bicyclic) bond motifs is 1. The number of pyridine rings is 1. The van der Waals surface area contributed by atoms with Crippen molar-refractivity contribution in [2.45, 2.75) is 20.8 Å². The molecular formula is C27H21BrN4O3. The van der Waals surface area contributed by atoms with Gasteiger partial charge in [0.05, 0.1) is 0 Å². The van der Waals surface area contributed by atoms with E-state index in [1.165, 1.54) is 10.5 Å². The van der Waals surface area contributed by atoms with Gasteiger partial charge in [-0.05, 0) is 79.9 Å². The van der Waals surface area contributed by atoms with Crippen LogP contribution in [0.2, 0.25) is 0 Å². The summed E-state index contributed by atoms with van der Waals surface area (Å²) in [7, 11) is 0. The van der Waals surface area contributed by atoms with Crippen molar-refractivity contribution < 1.29 is 9.53 Å². The predicted octanol–water partition coefficient (Wildman–Crippen LogP) is 5.72. The molecule has 0 aliphatic carbocycles. The number of aromatic nitrogens is 2. The van der Waals surface area contributed by atoms with Crippen LogP contribution in [0.25, 0.3) is 11.7 Å². The first-order chi connectivity index (χ1) is 16.7. The standard InChI is InChI=1S/C27H21BrN4O3/c1-16-10-17(2)12-22(11-16)35-26-23(27(34)32-9-5-6-18(3)24(32)31-26)13-19(15-29)25(33)30-21-8-4-7-20(28)14-21/h4-14H,1-3H3,(H,30,33)/b19-13-. The monoisotopic (exact) mass is 528 g/mol. The van der Waals surface area contributed by atoms with Gasteiger partial charge in [-0.3, -0.25) is 14.0 Å². The molecule has 0 radical (unpaired) electrons. The molecule has 1 N–H and O–H groups in total. The van der Waals surface area contributed by atoms with Crippen LogP contribution in [0.3, 0.4) is 0 Å². The van der Waals surface area contributed by atoms with Crippen LogP contribution < -0.4 is 15.6 Å². The van der Waals surface area contributed by atoms with Gasteiger partial charge in [0.15, 0.2) is 0 Å². The first-order valence-electron chi connectivity index (χ1n) is 10.7. The molecule has 1 amide bonds. The molecule has 7 nitrogen and oxygen atoms in total. The van der Waals surface area contributed by atoms with E-state index in [2.05, 4.69) is 26.2 Å². The smallest absolute Gasteiger partial charge is 0.269 e. The van der Waals surface area contributed by atoms with E-state index in [0.717, 1.165) is 21.2 Å². The maximum atomic E-state index is 13.5. The molecule has 0 fully saturated rings. The summed E-state index contributed by atoms with van der Waals surface area (Å²) in [6.07, 6.45) is 2.80. The van der Waals surface area contributed by atoms with Gasteiger partial charge < -0.3 is 10.1 Å². The molecule has 2 heterocycles. The van der Waals surface area contributed by atoms with Crippen molar-refractivity contribution in [3.63, 3.8) is 0 Å². The lowest BCUT2D eigenvalue weighted by Gasteiger charge is -2.12. The maximum absolute atomic E-state index is 13.5. The fourth-order valence-electron chi connectivity index (χ4n) is 3.65. The summed E-state index contributed by atoms with van der Waals surface area (Å²) in [5.41, 5.74) is 2.94. The first-order valence-corrected chi connectivity index (χ1v) is 11.5. The van der Waals surface area contributed by atoms with Crippen molar-refractivity contribution in [1.82, 2.24) is 9.38 Å². The van der Waals surface area contributed by atoms with E-state index < -0.39 is 11.5 Å². The predicted molar refractivity (Wildman–Crippen MR) is 139 cm³/mol. The molecule has 2 aromatic heterocycles. The third-order valence-corrected chi connectivity index (χ3v) is 5.69. The average Bonchev–Trinajstić information content (AvgIpc) is 2.79. The number of nitrogens with one attached hydrogen (secondary N) is 1. The number of anilines is 1. The van der Waals surface area contributed by atoms with Crippen molar-refractivity contribution >= 4 is 39.2 Å². The van der Waals surface area contributed by atoms with Crippen LogP contribution in [0.1, 0.15) is 22.3 Å². The summed E-state index contributed by atoms with van der Waals surface area (Å²) in [6.45, 7) is 5.71. The van der Waals surface area contributed by atoms with Gasteiger partial charge in [-0.2, -0.15) is 10.2 Å². The Hall–Kier alpha value is -4.22. The molecule has 35 heavy (non-hydrogen) atoms. The third-order valence-electron chi connectivity index (χ3n) is 5.20. The highest BCUT2D eigenvalue weighted by Gasteiger charge is 2.18. The molecule has 0 unspecified atom stereocenters. The normalized spacial score (nSPS) is 11.2. The summed E-state index contributed by atoms with van der Waals surface area (Å²) < 4.78 is 8.20. The number of rotatable bonds is 5. The molecule has 0 aliphatic rings. The van der Waals surface area contributed by atoms with Gasteiger partial charge in [0.2, 0.25) is 5.88 Å². The zero-order chi connectivity index (χ0) is 25.1. The lowest BCUT2D eigenvalue weighted by molar-refractivity contribution is -0.112. The van der Waals surface area contributed by atoms with E-state index in [1.54, 1.807) is 30.5 Å². The number of carbonyl (C=O) groups is 1. The van der Waals surface area contributed by atoms with Crippen molar-refractivity contribution in [3.8, 4) is 17.7 Å². The summed E-state index contributed by atoms with van der Waals surface area (Å²) in [4.78, 5) is 30.9. The van der Waals surface area contributed by atoms with Gasteiger partial charge in [0.1, 0.15) is 28.6 Å². The number of hydrogen-bond acceptors (Lipinski definition) is 5. The zero-order valence-corrected chi connectivity index (χ0v) is 20.9. The molecule has 4 rings (SSSR count). The van der Waals surface area contributed by atoms with Crippen LogP contribution in [0.15, 0.2) is 75.6 Å². The minimum Gasteiger partial charge on any atom is -0.438 e. The number of nitrogens with zero attached hydrogens (tertiary/aromatic N) is 3. The molecule has 2 aromatic carbocycles. The summed E-state index contributed by atoms with van der Waals surface area (Å²) in [5, 5.41) is 12.4. The quantitative estimate of drug-likeness (QED) is 0.264. The van der Waals surface area contributed by atoms with Crippen LogP contribution in [-0.2, 0) is 4.79 Å². The number of hydrogen-bond donors (Lipinski definition) is 1. The van der Waals surface area contributed by atoms with Gasteiger partial charge in [-0.1, -0.05) is 34.1 Å². The topological polar surface area (TPSA) is 96.5 Å². The summed E-state index contributed by atoms with van der Waals surface area (Å²) in [5.74, 6) is -0.145. The van der Waals surface area contributed by atoms with Crippen molar-refractivity contribution in [1.29, 1.82) is 5.26 Å². The van der Waals surface area contributed by atoms with Crippen LogP contribution >= 0.6 is 15.9 Å². The number of carbonyl (C=O) groups excluding carboxylic acids is 1. The van der Waals surface area contributed by atoms with Crippen molar-refractivity contribution in [3.05, 3.63) is 103 Å². The van der Waals surface area contributed by atoms with Crippen LogP contribution in [0.5, 0.6) is 11.6 Å². The van der Waals surface area contributed by atoms with E-state index in [-0.39, 0.29) is 17.0 Å². The Morgan fingerprint density at radius 2 is 1.86 bits per heavy atom. The number of nitriles is 1. The molecule has 0 saturated carbocycles. The Kier molecular flexibility index (Phi) is 6.80. The van der Waals surface area contributed by atoms with Crippen LogP contribution in [0, 0.1) is 32.1 Å². The summed E-state index contributed by atoms with van der Waals surface area (Å²) >= 11 is 3.35. The molecule has 0 aliphatic heterocycles. The number of amides is 1. The molecule has 8 heteroatoms. The minimum absolute atomic E-state index is 0.00629. The highest BCUT2D eigenvalue weighted by Crippen LogP contribution is 2.27. The molecule has 0 bridgehead atoms. The molecule has 0 saturated heterocycles. The fourth-order valence-corrected chi connectivity index (χ4v) is 4.05. The Morgan fingerprint density at radius 1 is 1.11 bits per heavy atom. The van der Waals surface area contributed by atoms with Crippen LogP contribution in [-0.4, -0.2) is 15.3 Å². The SMILES string of the molecule is Cc1cc(C)cc(Oc2nc3c(C)cccn3c(=O)c2/C=C(/C#N)C(=O)Nc2cccc(Br)c2)c1. The molecule has 0 atom stereocenters. The minimum atomic E-state index is -0.656. The highest BCUT2D eigenvalue weighted by molar-refractivity contribution is 9.10. The largest absolute Gasteiger partial charge is 0.438 e. The van der Waals surface area contributed by atoms with E-state index >= 15 is 0 Å². The number of benzene rings is 2. The van der Waals surface area contributed by atoms with E-state index in [4.69, 9.17) is 4.74 Å². The van der Waals surface area contributed by atoms with E-state index in [9.17, 15) is 14.9 Å². The number of aryl methyl sites for hydroxylation is 3. The van der Waals surface area contributed by atoms with Gasteiger partial charge in [0.25, 0.3) is 11.5 Å². The zero-order valence-electron chi connectivity index (χ0n) is 19.3. The fraction of sp³-hybridized carbons (Fsp3) is 0.111. The second-order valence-electron chi connectivity index (χ2n) is 8.08. The second-order valence-corrected chi connectivity index (χ2v) is 9.00. The van der Waals surface area contributed by atoms with Crippen molar-refractivity contribution in [2.75, 3.05) is 5.32 Å². The van der Waals surface area contributed by atoms with Crippen molar-refractivity contribution in [2.24, 2.45) is 0 Å². The van der Waals surface area contributed by atoms with Gasteiger partial charge in [-0.25, -0.2) is 0 Å². The Morgan fingerprint density at radius 3 is 2.54 bits per heavy atom. The lowest BCUT2D eigenvalue weighted by atomic mass is 10.1. The first kappa shape index (κ1) is 23.9. The number of ether oxygens (including phenoxy) is 1. The molecule has 4 aromatic rings. The molecule has 0 spiro atoms. The number of halogens is 1. The van der Waals surface area contributed by atoms with Gasteiger partial charge in [0, 0.05) is 16.4 Å². The highest BCUT2D eigenvalue weighted by atomic mass is 79.9. The van der Waals surface area contributed by atoms with Gasteiger partial charge in [-0.15, -0.1) is 0 Å². The lowest BCUT2D eigenvalue weighted by Crippen LogP contribution is -2.20.